The lowest BCUT2D eigenvalue weighted by Crippen LogP contribution is -2.19. The van der Waals surface area contributed by atoms with Gasteiger partial charge in [0.1, 0.15) is 17.0 Å². The molecule has 1 N–H and O–H groups in total. The molecule has 0 amide bonds. The standard InChI is InChI=1S/C15H21N3S/c1-10-11(2)19-15-13(10)14(16-9-17-15)18-12-7-5-3-4-6-8-12/h9,12H,3-8H2,1-2H3,(H,16,17,18). The lowest BCUT2D eigenvalue weighted by Gasteiger charge is -2.17. The van der Waals surface area contributed by atoms with Gasteiger partial charge in [0.2, 0.25) is 0 Å². The number of hydrogen-bond donors (Lipinski definition) is 1. The number of aromatic nitrogens is 2. The van der Waals surface area contributed by atoms with Crippen LogP contribution in [0.5, 0.6) is 0 Å². The summed E-state index contributed by atoms with van der Waals surface area (Å²) in [5.41, 5.74) is 1.33. The zero-order valence-electron chi connectivity index (χ0n) is 11.7. The highest BCUT2D eigenvalue weighted by Gasteiger charge is 2.16. The van der Waals surface area contributed by atoms with Gasteiger partial charge in [-0.15, -0.1) is 11.3 Å². The first kappa shape index (κ1) is 12.9. The molecular formula is C15H21N3S. The van der Waals surface area contributed by atoms with Crippen LogP contribution in [0, 0.1) is 13.8 Å². The summed E-state index contributed by atoms with van der Waals surface area (Å²) in [7, 11) is 0. The first-order valence-electron chi connectivity index (χ1n) is 7.23. The molecule has 0 bridgehead atoms. The fourth-order valence-corrected chi connectivity index (χ4v) is 3.91. The molecule has 102 valence electrons. The molecule has 19 heavy (non-hydrogen) atoms. The smallest absolute Gasteiger partial charge is 0.138 e. The van der Waals surface area contributed by atoms with Gasteiger partial charge in [0.15, 0.2) is 0 Å². The molecule has 1 aliphatic rings. The lowest BCUT2D eigenvalue weighted by molar-refractivity contribution is 0.618. The van der Waals surface area contributed by atoms with Crippen LogP contribution in [0.15, 0.2) is 6.33 Å². The molecule has 0 spiro atoms. The molecule has 1 saturated carbocycles. The van der Waals surface area contributed by atoms with Crippen molar-refractivity contribution in [1.29, 1.82) is 0 Å². The van der Waals surface area contributed by atoms with Gasteiger partial charge >= 0.3 is 0 Å². The molecule has 0 radical (unpaired) electrons. The summed E-state index contributed by atoms with van der Waals surface area (Å²) in [6.45, 7) is 4.34. The van der Waals surface area contributed by atoms with Gasteiger partial charge in [0.05, 0.1) is 5.39 Å². The van der Waals surface area contributed by atoms with Gasteiger partial charge in [-0.05, 0) is 32.3 Å². The van der Waals surface area contributed by atoms with Crippen LogP contribution in [-0.4, -0.2) is 16.0 Å². The highest BCUT2D eigenvalue weighted by molar-refractivity contribution is 7.18. The quantitative estimate of drug-likeness (QED) is 0.823. The van der Waals surface area contributed by atoms with Gasteiger partial charge in [-0.1, -0.05) is 25.7 Å². The number of rotatable bonds is 2. The van der Waals surface area contributed by atoms with Crippen molar-refractivity contribution < 1.29 is 0 Å². The molecule has 3 nitrogen and oxygen atoms in total. The number of thiophene rings is 1. The Kier molecular flexibility index (Phi) is 3.69. The molecule has 0 aromatic carbocycles. The highest BCUT2D eigenvalue weighted by atomic mass is 32.1. The van der Waals surface area contributed by atoms with E-state index >= 15 is 0 Å². The van der Waals surface area contributed by atoms with Gasteiger partial charge in [-0.2, -0.15) is 0 Å². The predicted molar refractivity (Wildman–Crippen MR) is 82.0 cm³/mol. The third-order valence-corrected chi connectivity index (χ3v) is 5.28. The van der Waals surface area contributed by atoms with Gasteiger partial charge in [0.25, 0.3) is 0 Å². The van der Waals surface area contributed by atoms with Crippen molar-refractivity contribution in [2.24, 2.45) is 0 Å². The maximum Gasteiger partial charge on any atom is 0.138 e. The fraction of sp³-hybridized carbons (Fsp3) is 0.600. The molecule has 0 saturated heterocycles. The molecule has 0 aliphatic heterocycles. The summed E-state index contributed by atoms with van der Waals surface area (Å²) in [4.78, 5) is 11.4. The maximum absolute atomic E-state index is 4.49. The summed E-state index contributed by atoms with van der Waals surface area (Å²) in [5, 5.41) is 4.90. The Labute approximate surface area is 118 Å². The van der Waals surface area contributed by atoms with Crippen molar-refractivity contribution in [3.05, 3.63) is 16.8 Å². The normalized spacial score (nSPS) is 17.6. The number of nitrogens with zero attached hydrogens (tertiary/aromatic N) is 2. The Morgan fingerprint density at radius 1 is 1.11 bits per heavy atom. The second-order valence-corrected chi connectivity index (χ2v) is 6.72. The fourth-order valence-electron chi connectivity index (χ4n) is 2.91. The zero-order valence-corrected chi connectivity index (χ0v) is 12.5. The van der Waals surface area contributed by atoms with E-state index in [0.29, 0.717) is 6.04 Å². The summed E-state index contributed by atoms with van der Waals surface area (Å²) in [6, 6.07) is 0.584. The van der Waals surface area contributed by atoms with Crippen LogP contribution in [0.4, 0.5) is 5.82 Å². The second-order valence-electron chi connectivity index (χ2n) is 5.52. The van der Waals surface area contributed by atoms with E-state index in [9.17, 15) is 0 Å². The van der Waals surface area contributed by atoms with Crippen molar-refractivity contribution in [1.82, 2.24) is 9.97 Å². The van der Waals surface area contributed by atoms with Gasteiger partial charge < -0.3 is 5.32 Å². The van der Waals surface area contributed by atoms with Crippen molar-refractivity contribution in [2.75, 3.05) is 5.32 Å². The number of fused-ring (bicyclic) bond motifs is 1. The van der Waals surface area contributed by atoms with Crippen LogP contribution < -0.4 is 5.32 Å². The van der Waals surface area contributed by atoms with E-state index in [1.165, 1.54) is 54.4 Å². The Morgan fingerprint density at radius 3 is 2.58 bits per heavy atom. The van der Waals surface area contributed by atoms with Gasteiger partial charge in [0, 0.05) is 10.9 Å². The molecular weight excluding hydrogens is 254 g/mol. The van der Waals surface area contributed by atoms with Gasteiger partial charge in [-0.3, -0.25) is 0 Å². The van der Waals surface area contributed by atoms with Crippen molar-refractivity contribution in [2.45, 2.75) is 58.4 Å². The average Bonchev–Trinajstić information content (AvgIpc) is 2.59. The SMILES string of the molecule is Cc1sc2ncnc(NC3CCCCCC3)c2c1C. The van der Waals surface area contributed by atoms with Crippen molar-refractivity contribution in [3.63, 3.8) is 0 Å². The highest BCUT2D eigenvalue weighted by Crippen LogP contribution is 2.33. The monoisotopic (exact) mass is 275 g/mol. The average molecular weight is 275 g/mol. The minimum Gasteiger partial charge on any atom is -0.367 e. The Morgan fingerprint density at radius 2 is 1.84 bits per heavy atom. The topological polar surface area (TPSA) is 37.8 Å². The summed E-state index contributed by atoms with van der Waals surface area (Å²) in [6.07, 6.45) is 9.68. The zero-order chi connectivity index (χ0) is 13.2. The maximum atomic E-state index is 4.49. The van der Waals surface area contributed by atoms with E-state index in [4.69, 9.17) is 0 Å². The first-order valence-corrected chi connectivity index (χ1v) is 8.04. The summed E-state index contributed by atoms with van der Waals surface area (Å²) in [5.74, 6) is 1.04. The molecule has 3 rings (SSSR count). The molecule has 4 heteroatoms. The van der Waals surface area contributed by atoms with Crippen molar-refractivity contribution in [3.8, 4) is 0 Å². The molecule has 2 aromatic heterocycles. The molecule has 2 aromatic rings. The Bertz CT molecular complexity index is 568. The predicted octanol–water partition coefficient (Wildman–Crippen LogP) is 4.44. The van der Waals surface area contributed by atoms with Crippen LogP contribution in [0.2, 0.25) is 0 Å². The van der Waals surface area contributed by atoms with Crippen LogP contribution in [0.25, 0.3) is 10.2 Å². The van der Waals surface area contributed by atoms with Crippen molar-refractivity contribution >= 4 is 27.4 Å². The molecule has 0 atom stereocenters. The van der Waals surface area contributed by atoms with Crippen LogP contribution in [0.1, 0.15) is 49.0 Å². The lowest BCUT2D eigenvalue weighted by atomic mass is 10.1. The number of anilines is 1. The first-order chi connectivity index (χ1) is 9.25. The van der Waals surface area contributed by atoms with Crippen LogP contribution in [0.3, 0.4) is 0 Å². The Balaban J connectivity index is 1.91. The van der Waals surface area contributed by atoms with E-state index in [1.807, 2.05) is 0 Å². The van der Waals surface area contributed by atoms with Crippen LogP contribution in [-0.2, 0) is 0 Å². The number of nitrogens with one attached hydrogen (secondary N) is 1. The number of aryl methyl sites for hydroxylation is 2. The molecule has 2 heterocycles. The largest absolute Gasteiger partial charge is 0.367 e. The Hall–Kier alpha value is -1.16. The third kappa shape index (κ3) is 2.59. The summed E-state index contributed by atoms with van der Waals surface area (Å²) < 4.78 is 0. The summed E-state index contributed by atoms with van der Waals surface area (Å²) >= 11 is 1.77. The van der Waals surface area contributed by atoms with Gasteiger partial charge in [-0.25, -0.2) is 9.97 Å². The molecule has 1 aliphatic carbocycles. The van der Waals surface area contributed by atoms with Crippen LogP contribution >= 0.6 is 11.3 Å². The third-order valence-electron chi connectivity index (χ3n) is 4.16. The molecule has 1 fully saturated rings. The van der Waals surface area contributed by atoms with E-state index in [0.717, 1.165) is 10.6 Å². The molecule has 0 unspecified atom stereocenters. The second kappa shape index (κ2) is 5.45. The minimum atomic E-state index is 0.584. The number of hydrogen-bond acceptors (Lipinski definition) is 4. The van der Waals surface area contributed by atoms with E-state index in [2.05, 4.69) is 29.1 Å². The van der Waals surface area contributed by atoms with E-state index < -0.39 is 0 Å². The minimum absolute atomic E-state index is 0.584. The van der Waals surface area contributed by atoms with E-state index in [1.54, 1.807) is 17.7 Å². The van der Waals surface area contributed by atoms with E-state index in [-0.39, 0.29) is 0 Å².